The summed E-state index contributed by atoms with van der Waals surface area (Å²) in [5.41, 5.74) is 2.63. The zero-order chi connectivity index (χ0) is 15.9. The molecule has 0 fully saturated rings. The second kappa shape index (κ2) is 7.77. The summed E-state index contributed by atoms with van der Waals surface area (Å²) < 4.78 is 5.72. The van der Waals surface area contributed by atoms with E-state index >= 15 is 0 Å². The molecule has 0 saturated heterocycles. The maximum absolute atomic E-state index is 11.4. The molecule has 0 aliphatic carbocycles. The van der Waals surface area contributed by atoms with Crippen LogP contribution in [0.3, 0.4) is 0 Å². The van der Waals surface area contributed by atoms with Crippen LogP contribution in [0, 0.1) is 6.57 Å². The Hall–Kier alpha value is -2.12. The number of benzene rings is 2. The minimum Gasteiger partial charge on any atom is -0.465 e. The molecule has 0 aliphatic heterocycles. The van der Waals surface area contributed by atoms with Crippen molar-refractivity contribution < 1.29 is 9.53 Å². The first-order valence-corrected chi connectivity index (χ1v) is 7.72. The molecule has 0 amide bonds. The first-order chi connectivity index (χ1) is 10.6. The van der Waals surface area contributed by atoms with Crippen LogP contribution in [0.25, 0.3) is 4.85 Å². The number of aryl methyl sites for hydroxylation is 1. The molecule has 1 atom stereocenters. The Labute approximate surface area is 138 Å². The van der Waals surface area contributed by atoms with Gasteiger partial charge in [0.15, 0.2) is 0 Å². The smallest absolute Gasteiger partial charge is 0.337 e. The Morgan fingerprint density at radius 3 is 2.59 bits per heavy atom. The van der Waals surface area contributed by atoms with Crippen LogP contribution in [0.4, 0.5) is 0 Å². The number of carbonyl (C=O) groups is 1. The average Bonchev–Trinajstić information content (AvgIpc) is 2.55. The van der Waals surface area contributed by atoms with Gasteiger partial charge in [0, 0.05) is 16.5 Å². The topological polar surface area (TPSA) is 30.7 Å². The van der Waals surface area contributed by atoms with E-state index in [4.69, 9.17) is 6.57 Å². The van der Waals surface area contributed by atoms with Crippen molar-refractivity contribution in [2.75, 3.05) is 7.11 Å². The minimum atomic E-state index is -0.361. The maximum Gasteiger partial charge on any atom is 0.337 e. The van der Waals surface area contributed by atoms with Gasteiger partial charge in [0.2, 0.25) is 6.04 Å². The number of rotatable bonds is 5. The van der Waals surface area contributed by atoms with Crippen molar-refractivity contribution in [2.24, 2.45) is 0 Å². The van der Waals surface area contributed by atoms with Gasteiger partial charge in [-0.3, -0.25) is 0 Å². The van der Waals surface area contributed by atoms with Crippen molar-refractivity contribution in [1.82, 2.24) is 0 Å². The molecule has 0 bridgehead atoms. The SMILES string of the molecule is [C-]#[N+]C(CCc1cccc(Br)c1)c1ccc(C(=O)OC)cc1. The molecule has 0 spiro atoms. The fourth-order valence-corrected chi connectivity index (χ4v) is 2.71. The van der Waals surface area contributed by atoms with E-state index in [9.17, 15) is 4.79 Å². The summed E-state index contributed by atoms with van der Waals surface area (Å²) in [4.78, 5) is 15.1. The molecule has 2 rings (SSSR count). The summed E-state index contributed by atoms with van der Waals surface area (Å²) in [6.07, 6.45) is 1.59. The summed E-state index contributed by atoms with van der Waals surface area (Å²) in [6, 6.07) is 15.0. The number of methoxy groups -OCH3 is 1. The lowest BCUT2D eigenvalue weighted by Crippen LogP contribution is -2.02. The van der Waals surface area contributed by atoms with Crippen LogP contribution in [-0.4, -0.2) is 13.1 Å². The van der Waals surface area contributed by atoms with E-state index in [0.717, 1.165) is 22.9 Å². The van der Waals surface area contributed by atoms with E-state index < -0.39 is 0 Å². The molecule has 22 heavy (non-hydrogen) atoms. The predicted molar refractivity (Wildman–Crippen MR) is 89.6 cm³/mol. The number of carbonyl (C=O) groups excluding carboxylic acids is 1. The van der Waals surface area contributed by atoms with Crippen LogP contribution in [0.15, 0.2) is 53.0 Å². The second-order valence-electron chi connectivity index (χ2n) is 4.93. The molecular weight excluding hydrogens is 342 g/mol. The Morgan fingerprint density at radius 1 is 1.27 bits per heavy atom. The predicted octanol–water partition coefficient (Wildman–Crippen LogP) is 4.83. The number of ether oxygens (including phenoxy) is 1. The molecule has 0 saturated carbocycles. The highest BCUT2D eigenvalue weighted by Gasteiger charge is 2.16. The van der Waals surface area contributed by atoms with Crippen molar-refractivity contribution in [2.45, 2.75) is 18.9 Å². The lowest BCUT2D eigenvalue weighted by Gasteiger charge is -2.07. The van der Waals surface area contributed by atoms with Gasteiger partial charge in [-0.2, -0.15) is 0 Å². The molecule has 2 aromatic rings. The highest BCUT2D eigenvalue weighted by molar-refractivity contribution is 9.10. The number of halogens is 1. The van der Waals surface area contributed by atoms with Crippen LogP contribution in [0.2, 0.25) is 0 Å². The van der Waals surface area contributed by atoms with Gasteiger partial charge in [0.05, 0.1) is 12.7 Å². The van der Waals surface area contributed by atoms with Crippen LogP contribution in [-0.2, 0) is 11.2 Å². The summed E-state index contributed by atoms with van der Waals surface area (Å²) in [5, 5.41) is 0. The van der Waals surface area contributed by atoms with Gasteiger partial charge in [-0.25, -0.2) is 11.4 Å². The fourth-order valence-electron chi connectivity index (χ4n) is 2.26. The van der Waals surface area contributed by atoms with Gasteiger partial charge in [-0.05, 0) is 36.2 Å². The van der Waals surface area contributed by atoms with Gasteiger partial charge >= 0.3 is 5.97 Å². The lowest BCUT2D eigenvalue weighted by atomic mass is 9.98. The third-order valence-electron chi connectivity index (χ3n) is 3.47. The van der Waals surface area contributed by atoms with Crippen molar-refractivity contribution >= 4 is 21.9 Å². The van der Waals surface area contributed by atoms with E-state index in [1.807, 2.05) is 24.3 Å². The molecule has 0 heterocycles. The van der Waals surface area contributed by atoms with E-state index in [1.165, 1.54) is 12.7 Å². The molecule has 3 nitrogen and oxygen atoms in total. The van der Waals surface area contributed by atoms with Crippen molar-refractivity contribution in [3.8, 4) is 0 Å². The fraction of sp³-hybridized carbons (Fsp3) is 0.222. The van der Waals surface area contributed by atoms with Crippen molar-refractivity contribution in [1.29, 1.82) is 0 Å². The first kappa shape index (κ1) is 16.3. The molecule has 0 radical (unpaired) electrons. The van der Waals surface area contributed by atoms with Gasteiger partial charge < -0.3 is 9.58 Å². The van der Waals surface area contributed by atoms with Gasteiger partial charge in [-0.1, -0.05) is 40.2 Å². The number of hydrogen-bond acceptors (Lipinski definition) is 2. The summed E-state index contributed by atoms with van der Waals surface area (Å²) >= 11 is 3.46. The third-order valence-corrected chi connectivity index (χ3v) is 3.96. The molecule has 4 heteroatoms. The molecule has 0 aromatic heterocycles. The normalized spacial score (nSPS) is 11.5. The van der Waals surface area contributed by atoms with E-state index in [-0.39, 0.29) is 12.0 Å². The molecule has 0 aliphatic rings. The molecule has 1 unspecified atom stereocenters. The first-order valence-electron chi connectivity index (χ1n) is 6.93. The van der Waals surface area contributed by atoms with Crippen LogP contribution in [0.5, 0.6) is 0 Å². The highest BCUT2D eigenvalue weighted by Crippen LogP contribution is 2.24. The Kier molecular flexibility index (Phi) is 5.74. The second-order valence-corrected chi connectivity index (χ2v) is 5.84. The van der Waals surface area contributed by atoms with Crippen LogP contribution >= 0.6 is 15.9 Å². The Morgan fingerprint density at radius 2 is 2.00 bits per heavy atom. The number of esters is 1. The standard InChI is InChI=1S/C18H16BrNO2/c1-20-17(11-6-13-4-3-5-16(19)12-13)14-7-9-15(10-8-14)18(21)22-2/h3-5,7-10,12,17H,6,11H2,2H3. The average molecular weight is 358 g/mol. The summed E-state index contributed by atoms with van der Waals surface area (Å²) in [7, 11) is 1.36. The molecular formula is C18H16BrNO2. The molecule has 0 N–H and O–H groups in total. The number of nitrogens with zero attached hydrogens (tertiary/aromatic N) is 1. The van der Waals surface area contributed by atoms with Crippen LogP contribution < -0.4 is 0 Å². The highest BCUT2D eigenvalue weighted by atomic mass is 79.9. The van der Waals surface area contributed by atoms with Gasteiger partial charge in [-0.15, -0.1) is 0 Å². The van der Waals surface area contributed by atoms with E-state index in [0.29, 0.717) is 5.56 Å². The van der Waals surface area contributed by atoms with Gasteiger partial charge in [0.1, 0.15) is 0 Å². The van der Waals surface area contributed by atoms with Crippen LogP contribution in [0.1, 0.15) is 33.9 Å². The molecule has 2 aromatic carbocycles. The maximum atomic E-state index is 11.4. The zero-order valence-corrected chi connectivity index (χ0v) is 13.8. The zero-order valence-electron chi connectivity index (χ0n) is 12.3. The third kappa shape index (κ3) is 4.19. The monoisotopic (exact) mass is 357 g/mol. The minimum absolute atomic E-state index is 0.203. The summed E-state index contributed by atoms with van der Waals surface area (Å²) in [6.45, 7) is 7.40. The Balaban J connectivity index is 2.05. The van der Waals surface area contributed by atoms with E-state index in [1.54, 1.807) is 12.1 Å². The summed E-state index contributed by atoms with van der Waals surface area (Å²) in [5.74, 6) is -0.361. The number of hydrogen-bond donors (Lipinski definition) is 0. The molecule has 112 valence electrons. The van der Waals surface area contributed by atoms with E-state index in [2.05, 4.69) is 37.6 Å². The van der Waals surface area contributed by atoms with Crippen molar-refractivity contribution in [3.05, 3.63) is 81.1 Å². The quantitative estimate of drug-likeness (QED) is 0.566. The largest absolute Gasteiger partial charge is 0.465 e. The van der Waals surface area contributed by atoms with Gasteiger partial charge in [0.25, 0.3) is 0 Å². The Bertz CT molecular complexity index is 689. The van der Waals surface area contributed by atoms with Crippen molar-refractivity contribution in [3.63, 3.8) is 0 Å². The lowest BCUT2D eigenvalue weighted by molar-refractivity contribution is 0.0600.